The van der Waals surface area contributed by atoms with E-state index in [0.717, 1.165) is 29.7 Å². The minimum absolute atomic E-state index is 0.0838. The maximum atomic E-state index is 12.1. The molecular formula is C27H57N2OS+. The van der Waals surface area contributed by atoms with Crippen LogP contribution in [0.3, 0.4) is 0 Å². The molecule has 0 aliphatic carbocycles. The summed E-state index contributed by atoms with van der Waals surface area (Å²) in [6, 6.07) is 0. The number of carbonyl (C=O) groups is 1. The zero-order chi connectivity index (χ0) is 23.2. The Morgan fingerprint density at radius 2 is 1.13 bits per heavy atom. The molecule has 1 atom stereocenters. The third kappa shape index (κ3) is 24.3. The summed E-state index contributed by atoms with van der Waals surface area (Å²) in [5, 5.41) is 3.18. The number of hydrogen-bond acceptors (Lipinski definition) is 2. The average Bonchev–Trinajstić information content (AvgIpc) is 2.72. The molecule has 31 heavy (non-hydrogen) atoms. The van der Waals surface area contributed by atoms with Gasteiger partial charge in [-0.15, -0.1) is 11.8 Å². The maximum Gasteiger partial charge on any atom is 0.232 e. The Morgan fingerprint density at radius 3 is 1.55 bits per heavy atom. The lowest BCUT2D eigenvalue weighted by Crippen LogP contribution is -2.38. The van der Waals surface area contributed by atoms with E-state index in [1.54, 1.807) is 0 Å². The van der Waals surface area contributed by atoms with Gasteiger partial charge in [0.1, 0.15) is 0 Å². The van der Waals surface area contributed by atoms with Crippen LogP contribution < -0.4 is 5.32 Å². The molecule has 1 unspecified atom stereocenters. The van der Waals surface area contributed by atoms with Crippen LogP contribution in [0.15, 0.2) is 0 Å². The highest BCUT2D eigenvalue weighted by atomic mass is 32.2. The number of thioether (sulfide) groups is 1. The first-order chi connectivity index (χ1) is 14.9. The zero-order valence-electron chi connectivity index (χ0n) is 22.0. The molecule has 0 bridgehead atoms. The van der Waals surface area contributed by atoms with Crippen molar-refractivity contribution in [2.24, 2.45) is 0 Å². The van der Waals surface area contributed by atoms with Gasteiger partial charge in [-0.05, 0) is 19.1 Å². The number of carbonyl (C=O) groups excluding carboxylic acids is 1. The minimum atomic E-state index is 0.0838. The quantitative estimate of drug-likeness (QED) is 0.126. The van der Waals surface area contributed by atoms with E-state index in [1.165, 1.54) is 103 Å². The van der Waals surface area contributed by atoms with Crippen LogP contribution in [0.4, 0.5) is 0 Å². The number of rotatable bonds is 23. The third-order valence-corrected chi connectivity index (χ3v) is 7.28. The van der Waals surface area contributed by atoms with Crippen LogP contribution in [0.25, 0.3) is 0 Å². The van der Waals surface area contributed by atoms with Crippen molar-refractivity contribution in [1.82, 2.24) is 5.32 Å². The van der Waals surface area contributed by atoms with Crippen molar-refractivity contribution < 1.29 is 9.28 Å². The van der Waals surface area contributed by atoms with Crippen molar-refractivity contribution in [1.29, 1.82) is 0 Å². The summed E-state index contributed by atoms with van der Waals surface area (Å²) in [6.07, 6.45) is 23.6. The fourth-order valence-corrected chi connectivity index (χ4v) is 4.85. The Balaban J connectivity index is 3.29. The Labute approximate surface area is 200 Å². The second kappa shape index (κ2) is 21.6. The molecule has 0 aromatic rings. The molecule has 0 saturated heterocycles. The van der Waals surface area contributed by atoms with E-state index in [-0.39, 0.29) is 11.2 Å². The van der Waals surface area contributed by atoms with Gasteiger partial charge in [-0.1, -0.05) is 103 Å². The van der Waals surface area contributed by atoms with E-state index in [1.807, 2.05) is 18.7 Å². The Morgan fingerprint density at radius 1 is 0.710 bits per heavy atom. The minimum Gasteiger partial charge on any atom is -0.355 e. The predicted octanol–water partition coefficient (Wildman–Crippen LogP) is 7.58. The van der Waals surface area contributed by atoms with Crippen molar-refractivity contribution in [2.75, 3.05) is 40.0 Å². The molecule has 0 aromatic heterocycles. The summed E-state index contributed by atoms with van der Waals surface area (Å²) in [7, 11) is 6.58. The lowest BCUT2D eigenvalue weighted by Gasteiger charge is -2.23. The van der Waals surface area contributed by atoms with Crippen LogP contribution in [-0.4, -0.2) is 55.6 Å². The molecule has 0 spiro atoms. The Hall–Kier alpha value is -0.220. The normalized spacial score (nSPS) is 12.8. The van der Waals surface area contributed by atoms with Gasteiger partial charge in [0, 0.05) is 13.0 Å². The standard InChI is InChI=1S/C27H56N2OS/c1-6-7-8-9-10-11-12-13-14-15-16-17-18-19-20-21-25-31-26(2)27(30)28-23-22-24-29(3,4)5/h26H,6-25H2,1-5H3/p+1. The van der Waals surface area contributed by atoms with Crippen molar-refractivity contribution in [3.63, 3.8) is 0 Å². The van der Waals surface area contributed by atoms with Gasteiger partial charge >= 0.3 is 0 Å². The van der Waals surface area contributed by atoms with E-state index in [2.05, 4.69) is 33.4 Å². The molecule has 0 saturated carbocycles. The monoisotopic (exact) mass is 457 g/mol. The predicted molar refractivity (Wildman–Crippen MR) is 142 cm³/mol. The summed E-state index contributed by atoms with van der Waals surface area (Å²) in [5.41, 5.74) is 0. The van der Waals surface area contributed by atoms with Crippen molar-refractivity contribution >= 4 is 17.7 Å². The molecule has 0 fully saturated rings. The Bertz CT molecular complexity index is 395. The highest BCUT2D eigenvalue weighted by Gasteiger charge is 2.13. The first-order valence-corrected chi connectivity index (χ1v) is 14.6. The molecule has 0 aromatic carbocycles. The summed E-state index contributed by atoms with van der Waals surface area (Å²) >= 11 is 1.82. The van der Waals surface area contributed by atoms with Crippen LogP contribution in [0.1, 0.15) is 123 Å². The largest absolute Gasteiger partial charge is 0.355 e. The van der Waals surface area contributed by atoms with Crippen LogP contribution >= 0.6 is 11.8 Å². The highest BCUT2D eigenvalue weighted by molar-refractivity contribution is 8.00. The molecule has 3 nitrogen and oxygen atoms in total. The fourth-order valence-electron chi connectivity index (χ4n) is 3.89. The van der Waals surface area contributed by atoms with Crippen LogP contribution in [-0.2, 0) is 4.79 Å². The molecule has 0 aliphatic heterocycles. The van der Waals surface area contributed by atoms with E-state index < -0.39 is 0 Å². The summed E-state index contributed by atoms with van der Waals surface area (Å²) in [5.74, 6) is 1.33. The van der Waals surface area contributed by atoms with Gasteiger partial charge in [0.05, 0.1) is 32.9 Å². The topological polar surface area (TPSA) is 29.1 Å². The van der Waals surface area contributed by atoms with Crippen LogP contribution in [0.5, 0.6) is 0 Å². The summed E-state index contributed by atoms with van der Waals surface area (Å²) in [6.45, 7) is 6.24. The van der Waals surface area contributed by atoms with Crippen LogP contribution in [0, 0.1) is 0 Å². The molecule has 0 rings (SSSR count). The third-order valence-electron chi connectivity index (χ3n) is 6.04. The summed E-state index contributed by atoms with van der Waals surface area (Å²) < 4.78 is 0.958. The first-order valence-electron chi connectivity index (χ1n) is 13.6. The second-order valence-corrected chi connectivity index (χ2v) is 11.9. The maximum absolute atomic E-state index is 12.1. The number of unbranched alkanes of at least 4 members (excludes halogenated alkanes) is 15. The van der Waals surface area contributed by atoms with Crippen molar-refractivity contribution in [2.45, 2.75) is 128 Å². The lowest BCUT2D eigenvalue weighted by molar-refractivity contribution is -0.870. The zero-order valence-corrected chi connectivity index (χ0v) is 22.8. The molecule has 1 N–H and O–H groups in total. The molecule has 4 heteroatoms. The smallest absolute Gasteiger partial charge is 0.232 e. The van der Waals surface area contributed by atoms with Gasteiger partial charge in [-0.25, -0.2) is 0 Å². The number of amides is 1. The SMILES string of the molecule is CCCCCCCCCCCCCCCCCCSC(C)C(=O)NCCC[N+](C)(C)C. The van der Waals surface area contributed by atoms with Crippen LogP contribution in [0.2, 0.25) is 0 Å². The van der Waals surface area contributed by atoms with E-state index in [9.17, 15) is 4.79 Å². The molecule has 186 valence electrons. The van der Waals surface area contributed by atoms with Gasteiger partial charge in [0.15, 0.2) is 0 Å². The molecule has 1 amide bonds. The van der Waals surface area contributed by atoms with E-state index in [0.29, 0.717) is 0 Å². The van der Waals surface area contributed by atoms with Gasteiger partial charge in [0.2, 0.25) is 5.91 Å². The van der Waals surface area contributed by atoms with E-state index in [4.69, 9.17) is 0 Å². The molecule has 0 radical (unpaired) electrons. The van der Waals surface area contributed by atoms with Gasteiger partial charge in [-0.3, -0.25) is 4.79 Å². The number of hydrogen-bond donors (Lipinski definition) is 1. The highest BCUT2D eigenvalue weighted by Crippen LogP contribution is 2.16. The summed E-state index contributed by atoms with van der Waals surface area (Å²) in [4.78, 5) is 12.1. The first kappa shape index (κ1) is 30.8. The van der Waals surface area contributed by atoms with E-state index >= 15 is 0 Å². The lowest BCUT2D eigenvalue weighted by atomic mass is 10.0. The Kier molecular flexibility index (Phi) is 21.5. The molecular weight excluding hydrogens is 400 g/mol. The van der Waals surface area contributed by atoms with Gasteiger partial charge < -0.3 is 9.80 Å². The molecule has 0 aliphatic rings. The average molecular weight is 458 g/mol. The number of nitrogens with one attached hydrogen (secondary N) is 1. The number of quaternary nitrogens is 1. The van der Waals surface area contributed by atoms with Gasteiger partial charge in [0.25, 0.3) is 0 Å². The number of nitrogens with zero attached hydrogens (tertiary/aromatic N) is 1. The molecule has 0 heterocycles. The van der Waals surface area contributed by atoms with Crippen molar-refractivity contribution in [3.8, 4) is 0 Å². The fraction of sp³-hybridized carbons (Fsp3) is 0.963. The second-order valence-electron chi connectivity index (χ2n) is 10.5. The van der Waals surface area contributed by atoms with Gasteiger partial charge in [-0.2, -0.15) is 0 Å². The van der Waals surface area contributed by atoms with Crippen molar-refractivity contribution in [3.05, 3.63) is 0 Å².